The van der Waals surface area contributed by atoms with Crippen molar-refractivity contribution in [3.8, 4) is 0 Å². The first-order valence-electron chi connectivity index (χ1n) is 7.35. The van der Waals surface area contributed by atoms with Gasteiger partial charge in [0.15, 0.2) is 0 Å². The van der Waals surface area contributed by atoms with E-state index in [0.29, 0.717) is 0 Å². The van der Waals surface area contributed by atoms with E-state index in [4.69, 9.17) is 0 Å². The minimum atomic E-state index is 0.150. The normalized spacial score (nSPS) is 12.4. The quantitative estimate of drug-likeness (QED) is 0.775. The van der Waals surface area contributed by atoms with Gasteiger partial charge in [-0.05, 0) is 35.4 Å². The second-order valence-corrected chi connectivity index (χ2v) is 5.10. The first-order chi connectivity index (χ1) is 10.4. The number of likely N-dealkylation sites (N-methyl/N-ethyl adjacent to an activating group) is 1. The average Bonchev–Trinajstić information content (AvgIpc) is 2.55. The Morgan fingerprint density at radius 1 is 0.952 bits per heavy atom. The van der Waals surface area contributed by atoms with Crippen molar-refractivity contribution in [3.63, 3.8) is 0 Å². The minimum Gasteiger partial charge on any atom is -0.307 e. The molecule has 0 aliphatic heterocycles. The van der Waals surface area contributed by atoms with E-state index in [1.807, 2.05) is 6.07 Å². The van der Waals surface area contributed by atoms with Crippen LogP contribution >= 0.6 is 0 Å². The van der Waals surface area contributed by atoms with Crippen molar-refractivity contribution in [2.45, 2.75) is 19.4 Å². The van der Waals surface area contributed by atoms with Crippen molar-refractivity contribution in [1.82, 2.24) is 15.3 Å². The molecule has 3 rings (SSSR count). The molecule has 2 aromatic carbocycles. The Bertz CT molecular complexity index is 710. The maximum absolute atomic E-state index is 4.38. The van der Waals surface area contributed by atoms with E-state index >= 15 is 0 Å². The van der Waals surface area contributed by atoms with Crippen LogP contribution in [0.15, 0.2) is 60.9 Å². The van der Waals surface area contributed by atoms with Gasteiger partial charge in [-0.25, -0.2) is 9.97 Å². The summed E-state index contributed by atoms with van der Waals surface area (Å²) in [5.41, 5.74) is 1.30. The molecule has 0 saturated carbocycles. The summed E-state index contributed by atoms with van der Waals surface area (Å²) in [5.74, 6) is 0.854. The van der Waals surface area contributed by atoms with E-state index < -0.39 is 0 Å². The predicted molar refractivity (Wildman–Crippen MR) is 86.1 cm³/mol. The summed E-state index contributed by atoms with van der Waals surface area (Å²) in [6.45, 7) is 3.01. The summed E-state index contributed by atoms with van der Waals surface area (Å²) in [7, 11) is 0. The van der Waals surface area contributed by atoms with Crippen molar-refractivity contribution in [2.75, 3.05) is 6.54 Å². The lowest BCUT2D eigenvalue weighted by molar-refractivity contribution is 0.521. The highest BCUT2D eigenvalue weighted by Crippen LogP contribution is 2.20. The van der Waals surface area contributed by atoms with E-state index in [1.54, 1.807) is 12.4 Å². The fraction of sp³-hybridized carbons (Fsp3) is 0.222. The number of aromatic nitrogens is 2. The number of rotatable bonds is 5. The first-order valence-corrected chi connectivity index (χ1v) is 7.35. The van der Waals surface area contributed by atoms with Crippen LogP contribution in [-0.2, 0) is 6.42 Å². The van der Waals surface area contributed by atoms with Crippen molar-refractivity contribution < 1.29 is 0 Å². The number of fused-ring (bicyclic) bond motifs is 1. The van der Waals surface area contributed by atoms with Gasteiger partial charge in [0.1, 0.15) is 5.82 Å². The molecular formula is C18H19N3. The van der Waals surface area contributed by atoms with Crippen molar-refractivity contribution >= 4 is 10.8 Å². The van der Waals surface area contributed by atoms with Crippen LogP contribution in [0.25, 0.3) is 10.8 Å². The fourth-order valence-electron chi connectivity index (χ4n) is 2.59. The molecule has 3 aromatic rings. The number of nitrogens with zero attached hydrogens (tertiary/aromatic N) is 2. The van der Waals surface area contributed by atoms with Crippen LogP contribution in [0.3, 0.4) is 0 Å². The van der Waals surface area contributed by atoms with E-state index in [2.05, 4.69) is 64.7 Å². The van der Waals surface area contributed by atoms with E-state index in [1.165, 1.54) is 16.3 Å². The molecule has 0 bridgehead atoms. The van der Waals surface area contributed by atoms with E-state index in [0.717, 1.165) is 18.8 Å². The molecule has 1 aromatic heterocycles. The Kier molecular flexibility index (Phi) is 4.22. The topological polar surface area (TPSA) is 37.8 Å². The monoisotopic (exact) mass is 277 g/mol. The lowest BCUT2D eigenvalue weighted by Crippen LogP contribution is -2.24. The van der Waals surface area contributed by atoms with Gasteiger partial charge in [0.2, 0.25) is 0 Å². The van der Waals surface area contributed by atoms with Gasteiger partial charge >= 0.3 is 0 Å². The van der Waals surface area contributed by atoms with Crippen molar-refractivity contribution in [2.24, 2.45) is 0 Å². The lowest BCUT2D eigenvalue weighted by atomic mass is 10.0. The number of hydrogen-bond acceptors (Lipinski definition) is 3. The minimum absolute atomic E-state index is 0.150. The summed E-state index contributed by atoms with van der Waals surface area (Å²) in [4.78, 5) is 8.77. The van der Waals surface area contributed by atoms with Crippen molar-refractivity contribution in [3.05, 3.63) is 72.3 Å². The number of nitrogens with one attached hydrogen (secondary N) is 1. The van der Waals surface area contributed by atoms with Crippen LogP contribution in [-0.4, -0.2) is 16.5 Å². The summed E-state index contributed by atoms with van der Waals surface area (Å²) in [6.07, 6.45) is 4.49. The standard InChI is InChI=1S/C18H19N3/c1-2-19-17(18-20-10-5-11-21-18)13-14-8-9-15-6-3-4-7-16(15)12-14/h3-12,17,19H,2,13H2,1H3. The zero-order valence-electron chi connectivity index (χ0n) is 12.2. The van der Waals surface area contributed by atoms with Gasteiger partial charge in [-0.15, -0.1) is 0 Å². The molecule has 0 aliphatic carbocycles. The molecule has 106 valence electrons. The molecule has 0 fully saturated rings. The summed E-state index contributed by atoms with van der Waals surface area (Å²) >= 11 is 0. The molecule has 1 N–H and O–H groups in total. The number of benzene rings is 2. The van der Waals surface area contributed by atoms with Crippen LogP contribution in [0.1, 0.15) is 24.4 Å². The molecule has 0 spiro atoms. The Morgan fingerprint density at radius 2 is 1.71 bits per heavy atom. The third-order valence-corrected chi connectivity index (χ3v) is 3.60. The second kappa shape index (κ2) is 6.46. The molecule has 0 amide bonds. The molecule has 3 nitrogen and oxygen atoms in total. The number of hydrogen-bond donors (Lipinski definition) is 1. The Hall–Kier alpha value is -2.26. The van der Waals surface area contributed by atoms with Gasteiger partial charge in [-0.1, -0.05) is 49.4 Å². The Morgan fingerprint density at radius 3 is 2.48 bits per heavy atom. The summed E-state index contributed by atoms with van der Waals surface area (Å²) in [6, 6.07) is 17.1. The van der Waals surface area contributed by atoms with Crippen LogP contribution in [0.4, 0.5) is 0 Å². The summed E-state index contributed by atoms with van der Waals surface area (Å²) < 4.78 is 0. The van der Waals surface area contributed by atoms with Gasteiger partial charge in [-0.2, -0.15) is 0 Å². The van der Waals surface area contributed by atoms with Crippen molar-refractivity contribution in [1.29, 1.82) is 0 Å². The van der Waals surface area contributed by atoms with Gasteiger partial charge in [0, 0.05) is 12.4 Å². The van der Waals surface area contributed by atoms with E-state index in [-0.39, 0.29) is 6.04 Å². The SMILES string of the molecule is CCNC(Cc1ccc2ccccc2c1)c1ncccn1. The smallest absolute Gasteiger partial charge is 0.145 e. The highest BCUT2D eigenvalue weighted by atomic mass is 15.0. The van der Waals surface area contributed by atoms with Crippen LogP contribution in [0.2, 0.25) is 0 Å². The van der Waals surface area contributed by atoms with Gasteiger partial charge in [-0.3, -0.25) is 0 Å². The van der Waals surface area contributed by atoms with Gasteiger partial charge < -0.3 is 5.32 Å². The maximum Gasteiger partial charge on any atom is 0.145 e. The van der Waals surface area contributed by atoms with E-state index in [9.17, 15) is 0 Å². The maximum atomic E-state index is 4.38. The fourth-order valence-corrected chi connectivity index (χ4v) is 2.59. The van der Waals surface area contributed by atoms with Crippen LogP contribution in [0, 0.1) is 0 Å². The predicted octanol–water partition coefficient (Wildman–Crippen LogP) is 3.52. The third kappa shape index (κ3) is 3.26. The molecule has 0 saturated heterocycles. The Labute approximate surface area is 125 Å². The highest BCUT2D eigenvalue weighted by Gasteiger charge is 2.13. The van der Waals surface area contributed by atoms with Crippen LogP contribution in [0.5, 0.6) is 0 Å². The molecule has 3 heteroatoms. The average molecular weight is 277 g/mol. The Balaban J connectivity index is 1.87. The first kappa shape index (κ1) is 13.7. The zero-order chi connectivity index (χ0) is 14.5. The molecule has 1 unspecified atom stereocenters. The lowest BCUT2D eigenvalue weighted by Gasteiger charge is -2.16. The molecular weight excluding hydrogens is 258 g/mol. The highest BCUT2D eigenvalue weighted by molar-refractivity contribution is 5.82. The van der Waals surface area contributed by atoms with Gasteiger partial charge in [0.25, 0.3) is 0 Å². The third-order valence-electron chi connectivity index (χ3n) is 3.60. The second-order valence-electron chi connectivity index (χ2n) is 5.10. The summed E-state index contributed by atoms with van der Waals surface area (Å²) in [5, 5.41) is 6.02. The van der Waals surface area contributed by atoms with Crippen LogP contribution < -0.4 is 5.32 Å². The molecule has 1 atom stereocenters. The largest absolute Gasteiger partial charge is 0.307 e. The van der Waals surface area contributed by atoms with Gasteiger partial charge in [0.05, 0.1) is 6.04 Å². The molecule has 0 aliphatic rings. The molecule has 1 heterocycles. The molecule has 0 radical (unpaired) electrons. The zero-order valence-corrected chi connectivity index (χ0v) is 12.2. The molecule has 21 heavy (non-hydrogen) atoms.